The van der Waals surface area contributed by atoms with Crippen LogP contribution in [0.2, 0.25) is 0 Å². The van der Waals surface area contributed by atoms with Gasteiger partial charge in [-0.1, -0.05) is 0 Å². The second-order valence-electron chi connectivity index (χ2n) is 2.60. The summed E-state index contributed by atoms with van der Waals surface area (Å²) in [6.45, 7) is 0.0596. The van der Waals surface area contributed by atoms with E-state index in [4.69, 9.17) is 10.2 Å². The number of likely N-dealkylation sites (tertiary alicyclic amines) is 1. The van der Waals surface area contributed by atoms with Crippen LogP contribution in [-0.2, 0) is 0 Å². The van der Waals surface area contributed by atoms with E-state index in [1.807, 2.05) is 0 Å². The minimum Gasteiger partial charge on any atom is -0.465 e. The molecule has 11 heavy (non-hydrogen) atoms. The molecule has 1 rings (SSSR count). The summed E-state index contributed by atoms with van der Waals surface area (Å²) in [4.78, 5) is 11.3. The molecular weight excluding hydrogens is 153 g/mol. The molecule has 2 unspecified atom stereocenters. The average molecular weight is 163 g/mol. The zero-order valence-corrected chi connectivity index (χ0v) is 5.90. The number of carbonyl (C=O) groups is 1. The quantitative estimate of drug-likeness (QED) is 0.531. The Labute approximate surface area is 63.2 Å². The lowest BCUT2D eigenvalue weighted by molar-refractivity contribution is 0.00800. The van der Waals surface area contributed by atoms with Crippen LogP contribution in [0, 0.1) is 0 Å². The van der Waals surface area contributed by atoms with Gasteiger partial charge in [-0.15, -0.1) is 0 Å². The lowest BCUT2D eigenvalue weighted by Crippen LogP contribution is -2.47. The Kier molecular flexibility index (Phi) is 2.28. The number of carboxylic acid groups (broad SMARTS) is 1. The molecule has 0 bridgehead atoms. The van der Waals surface area contributed by atoms with E-state index in [1.54, 1.807) is 0 Å². The van der Waals surface area contributed by atoms with E-state index in [0.717, 1.165) is 4.90 Å². The number of hydrogen-bond acceptors (Lipinski definition) is 2. The van der Waals surface area contributed by atoms with E-state index in [-0.39, 0.29) is 19.5 Å². The number of piperidine rings is 1. The monoisotopic (exact) mass is 163 g/mol. The van der Waals surface area contributed by atoms with Crippen molar-refractivity contribution in [3.8, 4) is 0 Å². The largest absolute Gasteiger partial charge is 0.465 e. The maximum atomic E-state index is 12.5. The Balaban J connectivity index is 2.46. The molecule has 0 radical (unpaired) electrons. The Morgan fingerprint density at radius 1 is 1.64 bits per heavy atom. The molecule has 5 heteroatoms. The molecule has 1 fully saturated rings. The van der Waals surface area contributed by atoms with Crippen LogP contribution in [0.3, 0.4) is 0 Å². The summed E-state index contributed by atoms with van der Waals surface area (Å²) in [6, 6.07) is 0. The topological polar surface area (TPSA) is 60.8 Å². The van der Waals surface area contributed by atoms with Crippen molar-refractivity contribution in [1.82, 2.24) is 4.90 Å². The summed E-state index contributed by atoms with van der Waals surface area (Å²) in [7, 11) is 0. The average Bonchev–Trinajstić information content (AvgIpc) is 1.94. The fourth-order valence-corrected chi connectivity index (χ4v) is 1.08. The van der Waals surface area contributed by atoms with E-state index in [1.165, 1.54) is 0 Å². The first kappa shape index (κ1) is 8.26. The van der Waals surface area contributed by atoms with E-state index in [2.05, 4.69) is 0 Å². The molecule has 64 valence electrons. The van der Waals surface area contributed by atoms with Crippen molar-refractivity contribution in [2.45, 2.75) is 18.7 Å². The number of aliphatic hydroxyl groups excluding tert-OH is 1. The Bertz CT molecular complexity index is 164. The van der Waals surface area contributed by atoms with Gasteiger partial charge in [-0.3, -0.25) is 0 Å². The third kappa shape index (κ3) is 1.80. The molecule has 4 nitrogen and oxygen atoms in total. The summed E-state index contributed by atoms with van der Waals surface area (Å²) in [5, 5.41) is 17.4. The van der Waals surface area contributed by atoms with E-state index in [9.17, 15) is 9.18 Å². The minimum absolute atomic E-state index is 0.0907. The lowest BCUT2D eigenvalue weighted by Gasteiger charge is -2.29. The third-order valence-corrected chi connectivity index (χ3v) is 1.77. The molecule has 0 aromatic carbocycles. The van der Waals surface area contributed by atoms with Gasteiger partial charge in [-0.25, -0.2) is 9.18 Å². The number of β-amino-alcohol motifs (C(OH)–C–C–N with tert-alkyl or cyclic N) is 1. The molecule has 1 amide bonds. The zero-order chi connectivity index (χ0) is 8.43. The standard InChI is InChI=1S/C6H10FNO3/c7-4-1-2-8(6(10)11)3-5(4)9/h4-5,9H,1-3H2,(H,10,11). The van der Waals surface area contributed by atoms with Crippen molar-refractivity contribution in [3.05, 3.63) is 0 Å². The number of alkyl halides is 1. The number of amides is 1. The second kappa shape index (κ2) is 3.04. The highest BCUT2D eigenvalue weighted by Crippen LogP contribution is 2.13. The lowest BCUT2D eigenvalue weighted by atomic mass is 10.1. The predicted molar refractivity (Wildman–Crippen MR) is 35.1 cm³/mol. The van der Waals surface area contributed by atoms with Crippen LogP contribution >= 0.6 is 0 Å². The van der Waals surface area contributed by atoms with E-state index in [0.29, 0.717) is 0 Å². The first-order valence-electron chi connectivity index (χ1n) is 3.41. The van der Waals surface area contributed by atoms with Crippen molar-refractivity contribution in [2.75, 3.05) is 13.1 Å². The highest BCUT2D eigenvalue weighted by molar-refractivity contribution is 5.65. The van der Waals surface area contributed by atoms with Crippen molar-refractivity contribution < 1.29 is 19.4 Å². The molecule has 0 saturated carbocycles. The van der Waals surface area contributed by atoms with Crippen LogP contribution in [0.15, 0.2) is 0 Å². The minimum atomic E-state index is -1.27. The number of halogens is 1. The molecule has 1 aliphatic rings. The summed E-state index contributed by atoms with van der Waals surface area (Å²) in [5.74, 6) is 0. The Morgan fingerprint density at radius 3 is 2.73 bits per heavy atom. The number of nitrogens with zero attached hydrogens (tertiary/aromatic N) is 1. The maximum Gasteiger partial charge on any atom is 0.407 e. The van der Waals surface area contributed by atoms with Gasteiger partial charge in [0.05, 0.1) is 6.54 Å². The smallest absolute Gasteiger partial charge is 0.407 e. The van der Waals surface area contributed by atoms with Gasteiger partial charge in [0.25, 0.3) is 0 Å². The molecule has 0 aliphatic carbocycles. The van der Waals surface area contributed by atoms with Crippen molar-refractivity contribution >= 4 is 6.09 Å². The van der Waals surface area contributed by atoms with Crippen LogP contribution < -0.4 is 0 Å². The maximum absolute atomic E-state index is 12.5. The Morgan fingerprint density at radius 2 is 2.27 bits per heavy atom. The van der Waals surface area contributed by atoms with Gasteiger partial charge in [0.15, 0.2) is 0 Å². The number of rotatable bonds is 0. The molecule has 2 atom stereocenters. The Hall–Kier alpha value is -0.840. The normalized spacial score (nSPS) is 32.0. The van der Waals surface area contributed by atoms with Crippen molar-refractivity contribution in [1.29, 1.82) is 0 Å². The molecule has 0 spiro atoms. The van der Waals surface area contributed by atoms with Gasteiger partial charge >= 0.3 is 6.09 Å². The summed E-state index contributed by atoms with van der Waals surface area (Å²) in [5.41, 5.74) is 0. The van der Waals surface area contributed by atoms with Crippen molar-refractivity contribution in [3.63, 3.8) is 0 Å². The predicted octanol–water partition coefficient (Wildman–Crippen LogP) is 0.0691. The van der Waals surface area contributed by atoms with Gasteiger partial charge in [0, 0.05) is 6.54 Å². The summed E-state index contributed by atoms with van der Waals surface area (Å²) >= 11 is 0. The van der Waals surface area contributed by atoms with Gasteiger partial charge < -0.3 is 15.1 Å². The molecule has 1 heterocycles. The van der Waals surface area contributed by atoms with Crippen LogP contribution in [0.25, 0.3) is 0 Å². The van der Waals surface area contributed by atoms with Gasteiger partial charge in [-0.05, 0) is 6.42 Å². The fourth-order valence-electron chi connectivity index (χ4n) is 1.08. The first-order valence-corrected chi connectivity index (χ1v) is 3.41. The molecule has 1 saturated heterocycles. The molecule has 0 aromatic rings. The number of aliphatic hydroxyl groups is 1. The highest BCUT2D eigenvalue weighted by Gasteiger charge is 2.29. The van der Waals surface area contributed by atoms with Crippen LogP contribution in [0.4, 0.5) is 9.18 Å². The highest BCUT2D eigenvalue weighted by atomic mass is 19.1. The van der Waals surface area contributed by atoms with Gasteiger partial charge in [0.2, 0.25) is 0 Å². The van der Waals surface area contributed by atoms with Gasteiger partial charge in [0.1, 0.15) is 12.3 Å². The third-order valence-electron chi connectivity index (χ3n) is 1.77. The van der Waals surface area contributed by atoms with Gasteiger partial charge in [-0.2, -0.15) is 0 Å². The van der Waals surface area contributed by atoms with Crippen LogP contribution in [0.5, 0.6) is 0 Å². The SMILES string of the molecule is O=C(O)N1CCC(F)C(O)C1. The van der Waals surface area contributed by atoms with Crippen molar-refractivity contribution in [2.24, 2.45) is 0 Å². The number of hydrogen-bond donors (Lipinski definition) is 2. The fraction of sp³-hybridized carbons (Fsp3) is 0.833. The van der Waals surface area contributed by atoms with Crippen LogP contribution in [0.1, 0.15) is 6.42 Å². The zero-order valence-electron chi connectivity index (χ0n) is 5.90. The summed E-state index contributed by atoms with van der Waals surface area (Å²) in [6.07, 6.45) is -3.44. The van der Waals surface area contributed by atoms with E-state index >= 15 is 0 Å². The molecule has 1 aliphatic heterocycles. The van der Waals surface area contributed by atoms with Crippen LogP contribution in [-0.4, -0.2) is 46.6 Å². The molecular formula is C6H10FNO3. The molecule has 2 N–H and O–H groups in total. The molecule has 0 aromatic heterocycles. The van der Waals surface area contributed by atoms with E-state index < -0.39 is 18.4 Å². The second-order valence-corrected chi connectivity index (χ2v) is 2.60. The first-order chi connectivity index (χ1) is 5.11. The summed E-state index contributed by atoms with van der Waals surface area (Å²) < 4.78 is 12.5.